The van der Waals surface area contributed by atoms with Crippen LogP contribution < -0.4 is 11.1 Å². The van der Waals surface area contributed by atoms with Crippen molar-refractivity contribution in [3.05, 3.63) is 29.8 Å². The molecule has 1 unspecified atom stereocenters. The third-order valence-electron chi connectivity index (χ3n) is 2.81. The molecule has 3 N–H and O–H groups in total. The third kappa shape index (κ3) is 5.85. The summed E-state index contributed by atoms with van der Waals surface area (Å²) in [6.07, 6.45) is 3.65. The standard InChI is InChI=1S/C14H22N2OS.ClH/c1-4-9-14(2,15)13(17)16-12-7-5-11(6-8-12)10-18-3;/h5-8H,4,9-10,15H2,1-3H3,(H,16,17);1H. The Hall–Kier alpha value is -0.710. The normalized spacial score (nSPS) is 13.3. The van der Waals surface area contributed by atoms with Crippen LogP contribution >= 0.6 is 24.2 Å². The van der Waals surface area contributed by atoms with E-state index in [4.69, 9.17) is 5.73 Å². The Labute approximate surface area is 126 Å². The van der Waals surface area contributed by atoms with Gasteiger partial charge in [0.05, 0.1) is 5.54 Å². The highest BCUT2D eigenvalue weighted by Crippen LogP contribution is 2.16. The van der Waals surface area contributed by atoms with E-state index in [2.05, 4.69) is 11.6 Å². The molecular weight excluding hydrogens is 280 g/mol. The fourth-order valence-electron chi connectivity index (χ4n) is 1.76. The van der Waals surface area contributed by atoms with Crippen molar-refractivity contribution in [3.63, 3.8) is 0 Å². The number of hydrogen-bond acceptors (Lipinski definition) is 3. The van der Waals surface area contributed by atoms with Gasteiger partial charge in [-0.15, -0.1) is 12.4 Å². The molecule has 3 nitrogen and oxygen atoms in total. The summed E-state index contributed by atoms with van der Waals surface area (Å²) in [5.41, 5.74) is 7.24. The van der Waals surface area contributed by atoms with Crippen LogP contribution in [0, 0.1) is 0 Å². The van der Waals surface area contributed by atoms with Gasteiger partial charge in [0.2, 0.25) is 5.91 Å². The Morgan fingerprint density at radius 3 is 2.42 bits per heavy atom. The second-order valence-electron chi connectivity index (χ2n) is 4.75. The maximum atomic E-state index is 12.0. The Morgan fingerprint density at radius 2 is 1.95 bits per heavy atom. The first-order valence-corrected chi connectivity index (χ1v) is 7.57. The van der Waals surface area contributed by atoms with Gasteiger partial charge in [-0.3, -0.25) is 4.79 Å². The molecule has 1 rings (SSSR count). The molecule has 1 aromatic carbocycles. The maximum absolute atomic E-state index is 12.0. The van der Waals surface area contributed by atoms with Gasteiger partial charge in [0.1, 0.15) is 0 Å². The first-order chi connectivity index (χ1) is 8.49. The number of thioether (sulfide) groups is 1. The van der Waals surface area contributed by atoms with E-state index in [0.717, 1.165) is 17.9 Å². The molecule has 0 aromatic heterocycles. The fourth-order valence-corrected chi connectivity index (χ4v) is 2.28. The molecule has 0 bridgehead atoms. The number of carbonyl (C=O) groups excluding carboxylic acids is 1. The Balaban J connectivity index is 0.00000324. The van der Waals surface area contributed by atoms with Crippen molar-refractivity contribution in [2.24, 2.45) is 5.73 Å². The van der Waals surface area contributed by atoms with Gasteiger partial charge in [0.15, 0.2) is 0 Å². The van der Waals surface area contributed by atoms with Crippen LogP contribution in [0.4, 0.5) is 5.69 Å². The van der Waals surface area contributed by atoms with Crippen molar-refractivity contribution in [3.8, 4) is 0 Å². The molecule has 0 radical (unpaired) electrons. The summed E-state index contributed by atoms with van der Waals surface area (Å²) < 4.78 is 0. The van der Waals surface area contributed by atoms with Gasteiger partial charge in [0, 0.05) is 11.4 Å². The second-order valence-corrected chi connectivity index (χ2v) is 5.62. The number of amides is 1. The number of benzene rings is 1. The van der Waals surface area contributed by atoms with E-state index in [1.807, 2.05) is 31.2 Å². The predicted octanol–water partition coefficient (Wildman–Crippen LogP) is 3.43. The molecule has 0 spiro atoms. The molecule has 1 aromatic rings. The smallest absolute Gasteiger partial charge is 0.244 e. The van der Waals surface area contributed by atoms with Crippen molar-refractivity contribution in [1.82, 2.24) is 0 Å². The molecule has 0 aliphatic rings. The van der Waals surface area contributed by atoms with E-state index in [0.29, 0.717) is 6.42 Å². The molecule has 0 fully saturated rings. The van der Waals surface area contributed by atoms with Gasteiger partial charge in [-0.05, 0) is 37.3 Å². The van der Waals surface area contributed by atoms with Crippen LogP contribution in [0.5, 0.6) is 0 Å². The molecule has 1 amide bonds. The minimum atomic E-state index is -0.799. The molecule has 0 aliphatic carbocycles. The number of nitrogens with one attached hydrogen (secondary N) is 1. The number of halogens is 1. The first-order valence-electron chi connectivity index (χ1n) is 6.18. The summed E-state index contributed by atoms with van der Waals surface area (Å²) in [6, 6.07) is 7.90. The van der Waals surface area contributed by atoms with Crippen LogP contribution in [0.3, 0.4) is 0 Å². The SMILES string of the molecule is CCCC(C)(N)C(=O)Nc1ccc(CSC)cc1.Cl. The molecular formula is C14H23ClN2OS. The van der Waals surface area contributed by atoms with Crippen LogP contribution in [0.25, 0.3) is 0 Å². The van der Waals surface area contributed by atoms with Crippen molar-refractivity contribution in [2.45, 2.75) is 38.0 Å². The first kappa shape index (κ1) is 18.3. The summed E-state index contributed by atoms with van der Waals surface area (Å²) in [7, 11) is 0. The van der Waals surface area contributed by atoms with Gasteiger partial charge in [-0.1, -0.05) is 25.5 Å². The van der Waals surface area contributed by atoms with Crippen molar-refractivity contribution in [2.75, 3.05) is 11.6 Å². The number of nitrogens with two attached hydrogens (primary N) is 1. The van der Waals surface area contributed by atoms with Crippen molar-refractivity contribution in [1.29, 1.82) is 0 Å². The molecule has 0 saturated heterocycles. The van der Waals surface area contributed by atoms with Crippen LogP contribution in [0.15, 0.2) is 24.3 Å². The van der Waals surface area contributed by atoms with E-state index in [-0.39, 0.29) is 18.3 Å². The lowest BCUT2D eigenvalue weighted by molar-refractivity contribution is -0.120. The zero-order chi connectivity index (χ0) is 13.6. The summed E-state index contributed by atoms with van der Waals surface area (Å²) in [5.74, 6) is 0.862. The van der Waals surface area contributed by atoms with E-state index >= 15 is 0 Å². The van der Waals surface area contributed by atoms with E-state index in [1.54, 1.807) is 18.7 Å². The molecule has 0 heterocycles. The Bertz CT molecular complexity index is 393. The maximum Gasteiger partial charge on any atom is 0.244 e. The van der Waals surface area contributed by atoms with E-state index in [9.17, 15) is 4.79 Å². The minimum absolute atomic E-state index is 0. The van der Waals surface area contributed by atoms with Crippen molar-refractivity contribution >= 4 is 35.8 Å². The predicted molar refractivity (Wildman–Crippen MR) is 87.0 cm³/mol. The lowest BCUT2D eigenvalue weighted by Crippen LogP contribution is -2.48. The Morgan fingerprint density at radius 1 is 1.37 bits per heavy atom. The number of anilines is 1. The highest BCUT2D eigenvalue weighted by Gasteiger charge is 2.26. The van der Waals surface area contributed by atoms with Crippen LogP contribution in [-0.4, -0.2) is 17.7 Å². The number of rotatable bonds is 6. The van der Waals surface area contributed by atoms with Gasteiger partial charge in [-0.2, -0.15) is 11.8 Å². The summed E-state index contributed by atoms with van der Waals surface area (Å²) in [6.45, 7) is 3.80. The fraction of sp³-hybridized carbons (Fsp3) is 0.500. The molecule has 1 atom stereocenters. The number of hydrogen-bond donors (Lipinski definition) is 2. The topological polar surface area (TPSA) is 55.1 Å². The van der Waals surface area contributed by atoms with Crippen LogP contribution in [0.2, 0.25) is 0 Å². The summed E-state index contributed by atoms with van der Waals surface area (Å²) in [4.78, 5) is 12.0. The monoisotopic (exact) mass is 302 g/mol. The zero-order valence-corrected chi connectivity index (χ0v) is 13.4. The Kier molecular flexibility index (Phi) is 8.14. The summed E-state index contributed by atoms with van der Waals surface area (Å²) >= 11 is 1.78. The van der Waals surface area contributed by atoms with Gasteiger partial charge in [-0.25, -0.2) is 0 Å². The van der Waals surface area contributed by atoms with Crippen LogP contribution in [0.1, 0.15) is 32.3 Å². The highest BCUT2D eigenvalue weighted by molar-refractivity contribution is 7.97. The van der Waals surface area contributed by atoms with Gasteiger partial charge < -0.3 is 11.1 Å². The zero-order valence-electron chi connectivity index (χ0n) is 11.7. The molecule has 19 heavy (non-hydrogen) atoms. The van der Waals surface area contributed by atoms with Crippen molar-refractivity contribution < 1.29 is 4.79 Å². The highest BCUT2D eigenvalue weighted by atomic mass is 35.5. The molecule has 0 saturated carbocycles. The van der Waals surface area contributed by atoms with Crippen LogP contribution in [-0.2, 0) is 10.5 Å². The third-order valence-corrected chi connectivity index (χ3v) is 3.43. The lowest BCUT2D eigenvalue weighted by Gasteiger charge is -2.22. The molecule has 108 valence electrons. The lowest BCUT2D eigenvalue weighted by atomic mass is 9.96. The average Bonchev–Trinajstić information content (AvgIpc) is 2.32. The largest absolute Gasteiger partial charge is 0.325 e. The minimum Gasteiger partial charge on any atom is -0.325 e. The molecule has 0 aliphatic heterocycles. The number of carbonyl (C=O) groups is 1. The molecule has 5 heteroatoms. The van der Waals surface area contributed by atoms with Gasteiger partial charge >= 0.3 is 0 Å². The van der Waals surface area contributed by atoms with Gasteiger partial charge in [0.25, 0.3) is 0 Å². The van der Waals surface area contributed by atoms with E-state index < -0.39 is 5.54 Å². The second kappa shape index (κ2) is 8.46. The summed E-state index contributed by atoms with van der Waals surface area (Å²) in [5, 5.41) is 2.87. The average molecular weight is 303 g/mol. The van der Waals surface area contributed by atoms with E-state index in [1.165, 1.54) is 5.56 Å². The quantitative estimate of drug-likeness (QED) is 0.846.